The standard InChI is InChI=1S/C12H18BrN/c1-8(2)6-12(14)10-5-4-9(3)11(13)7-10/h4-5,7-8,12H,6,14H2,1-3H3/t12-/m1/s1. The van der Waals surface area contributed by atoms with Crippen LogP contribution >= 0.6 is 15.9 Å². The van der Waals surface area contributed by atoms with Crippen LogP contribution in [0.5, 0.6) is 0 Å². The summed E-state index contributed by atoms with van der Waals surface area (Å²) in [6, 6.07) is 6.52. The summed E-state index contributed by atoms with van der Waals surface area (Å²) >= 11 is 3.53. The third kappa shape index (κ3) is 3.10. The van der Waals surface area contributed by atoms with Gasteiger partial charge in [-0.25, -0.2) is 0 Å². The Kier molecular flexibility index (Phi) is 4.14. The number of halogens is 1. The van der Waals surface area contributed by atoms with Crippen molar-refractivity contribution in [3.8, 4) is 0 Å². The van der Waals surface area contributed by atoms with Crippen molar-refractivity contribution in [1.82, 2.24) is 0 Å². The van der Waals surface area contributed by atoms with Crippen LogP contribution in [0.1, 0.15) is 37.4 Å². The molecule has 1 aromatic rings. The van der Waals surface area contributed by atoms with Crippen LogP contribution < -0.4 is 5.73 Å². The number of nitrogens with two attached hydrogens (primary N) is 1. The topological polar surface area (TPSA) is 26.0 Å². The Morgan fingerprint density at radius 3 is 2.50 bits per heavy atom. The van der Waals surface area contributed by atoms with Crippen LogP contribution in [0.3, 0.4) is 0 Å². The largest absolute Gasteiger partial charge is 0.324 e. The second-order valence-corrected chi connectivity index (χ2v) is 5.10. The fourth-order valence-corrected chi connectivity index (χ4v) is 1.88. The Morgan fingerprint density at radius 1 is 1.36 bits per heavy atom. The zero-order valence-electron chi connectivity index (χ0n) is 9.05. The Balaban J connectivity index is 2.80. The maximum Gasteiger partial charge on any atom is 0.0297 e. The number of aryl methyl sites for hydroxylation is 1. The molecule has 0 aliphatic rings. The Morgan fingerprint density at radius 2 is 2.00 bits per heavy atom. The van der Waals surface area contributed by atoms with E-state index in [1.807, 2.05) is 0 Å². The minimum Gasteiger partial charge on any atom is -0.324 e. The molecule has 1 atom stereocenters. The van der Waals surface area contributed by atoms with Crippen LogP contribution in [0, 0.1) is 12.8 Å². The number of hydrogen-bond donors (Lipinski definition) is 1. The molecule has 0 radical (unpaired) electrons. The molecule has 0 bridgehead atoms. The summed E-state index contributed by atoms with van der Waals surface area (Å²) in [7, 11) is 0. The van der Waals surface area contributed by atoms with Gasteiger partial charge in [-0.1, -0.05) is 41.9 Å². The van der Waals surface area contributed by atoms with E-state index >= 15 is 0 Å². The van der Waals surface area contributed by atoms with Gasteiger partial charge < -0.3 is 5.73 Å². The highest BCUT2D eigenvalue weighted by Gasteiger charge is 2.08. The van der Waals surface area contributed by atoms with Crippen LogP contribution in [0.15, 0.2) is 22.7 Å². The second-order valence-electron chi connectivity index (χ2n) is 4.24. The normalized spacial score (nSPS) is 13.3. The van der Waals surface area contributed by atoms with E-state index in [9.17, 15) is 0 Å². The molecule has 0 unspecified atom stereocenters. The molecular formula is C12H18BrN. The molecule has 0 saturated heterocycles. The molecule has 0 spiro atoms. The molecule has 14 heavy (non-hydrogen) atoms. The number of benzene rings is 1. The lowest BCUT2D eigenvalue weighted by molar-refractivity contribution is 0.510. The summed E-state index contributed by atoms with van der Waals surface area (Å²) in [5, 5.41) is 0. The van der Waals surface area contributed by atoms with Gasteiger partial charge in [-0.15, -0.1) is 0 Å². The first kappa shape index (κ1) is 11.7. The van der Waals surface area contributed by atoms with Crippen molar-refractivity contribution in [2.45, 2.75) is 33.2 Å². The van der Waals surface area contributed by atoms with Gasteiger partial charge in [-0.2, -0.15) is 0 Å². The molecule has 0 saturated carbocycles. The maximum atomic E-state index is 6.09. The molecule has 0 amide bonds. The van der Waals surface area contributed by atoms with Crippen molar-refractivity contribution in [3.05, 3.63) is 33.8 Å². The van der Waals surface area contributed by atoms with Crippen LogP contribution in [0.25, 0.3) is 0 Å². The first-order valence-corrected chi connectivity index (χ1v) is 5.81. The molecule has 0 heterocycles. The van der Waals surface area contributed by atoms with E-state index in [1.54, 1.807) is 0 Å². The van der Waals surface area contributed by atoms with Gasteiger partial charge in [0.15, 0.2) is 0 Å². The van der Waals surface area contributed by atoms with Gasteiger partial charge >= 0.3 is 0 Å². The molecule has 1 rings (SSSR count). The molecule has 0 aliphatic heterocycles. The minimum absolute atomic E-state index is 0.159. The van der Waals surface area contributed by atoms with E-state index < -0.39 is 0 Å². The molecule has 1 nitrogen and oxygen atoms in total. The third-order valence-electron chi connectivity index (χ3n) is 2.35. The molecule has 78 valence electrons. The van der Waals surface area contributed by atoms with Crippen molar-refractivity contribution < 1.29 is 0 Å². The van der Waals surface area contributed by atoms with Gasteiger partial charge in [0.1, 0.15) is 0 Å². The van der Waals surface area contributed by atoms with Crippen LogP contribution in [-0.2, 0) is 0 Å². The van der Waals surface area contributed by atoms with Gasteiger partial charge in [-0.05, 0) is 36.5 Å². The molecular weight excluding hydrogens is 238 g/mol. The zero-order valence-corrected chi connectivity index (χ0v) is 10.6. The van der Waals surface area contributed by atoms with E-state index in [4.69, 9.17) is 5.73 Å². The summed E-state index contributed by atoms with van der Waals surface area (Å²) in [6.07, 6.45) is 1.04. The van der Waals surface area contributed by atoms with Crippen LogP contribution in [0.2, 0.25) is 0 Å². The highest BCUT2D eigenvalue weighted by Crippen LogP contribution is 2.24. The SMILES string of the molecule is Cc1ccc([C@H](N)CC(C)C)cc1Br. The van der Waals surface area contributed by atoms with Crippen molar-refractivity contribution in [3.63, 3.8) is 0 Å². The Bertz CT molecular complexity index is 307. The lowest BCUT2D eigenvalue weighted by Crippen LogP contribution is -2.12. The van der Waals surface area contributed by atoms with Crippen LogP contribution in [-0.4, -0.2) is 0 Å². The van der Waals surface area contributed by atoms with Gasteiger partial charge in [-0.3, -0.25) is 0 Å². The van der Waals surface area contributed by atoms with E-state index in [0.717, 1.165) is 10.9 Å². The third-order valence-corrected chi connectivity index (χ3v) is 3.20. The predicted molar refractivity (Wildman–Crippen MR) is 65.3 cm³/mol. The maximum absolute atomic E-state index is 6.09. The fraction of sp³-hybridized carbons (Fsp3) is 0.500. The van der Waals surface area contributed by atoms with E-state index in [1.165, 1.54) is 11.1 Å². The molecule has 2 heteroatoms. The number of rotatable bonds is 3. The number of hydrogen-bond acceptors (Lipinski definition) is 1. The summed E-state index contributed by atoms with van der Waals surface area (Å²) < 4.78 is 1.15. The van der Waals surface area contributed by atoms with Gasteiger partial charge in [0.2, 0.25) is 0 Å². The molecule has 0 fully saturated rings. The molecule has 2 N–H and O–H groups in total. The molecule has 0 aliphatic carbocycles. The first-order valence-electron chi connectivity index (χ1n) is 5.02. The van der Waals surface area contributed by atoms with Crippen molar-refractivity contribution in [2.75, 3.05) is 0 Å². The van der Waals surface area contributed by atoms with Gasteiger partial charge in [0.25, 0.3) is 0 Å². The van der Waals surface area contributed by atoms with E-state index in [0.29, 0.717) is 5.92 Å². The quantitative estimate of drug-likeness (QED) is 0.874. The first-order chi connectivity index (χ1) is 6.50. The summed E-state index contributed by atoms with van der Waals surface area (Å²) in [4.78, 5) is 0. The summed E-state index contributed by atoms with van der Waals surface area (Å²) in [5.74, 6) is 0.644. The zero-order chi connectivity index (χ0) is 10.7. The van der Waals surface area contributed by atoms with Gasteiger partial charge in [0, 0.05) is 10.5 Å². The van der Waals surface area contributed by atoms with Crippen molar-refractivity contribution >= 4 is 15.9 Å². The van der Waals surface area contributed by atoms with Gasteiger partial charge in [0.05, 0.1) is 0 Å². The Hall–Kier alpha value is -0.340. The van der Waals surface area contributed by atoms with Crippen molar-refractivity contribution in [2.24, 2.45) is 11.7 Å². The highest BCUT2D eigenvalue weighted by atomic mass is 79.9. The van der Waals surface area contributed by atoms with Crippen LogP contribution in [0.4, 0.5) is 0 Å². The minimum atomic E-state index is 0.159. The lowest BCUT2D eigenvalue weighted by Gasteiger charge is -2.15. The smallest absolute Gasteiger partial charge is 0.0297 e. The average Bonchev–Trinajstić information content (AvgIpc) is 2.08. The summed E-state index contributed by atoms with van der Waals surface area (Å²) in [5.41, 5.74) is 8.57. The highest BCUT2D eigenvalue weighted by molar-refractivity contribution is 9.10. The summed E-state index contributed by atoms with van der Waals surface area (Å²) in [6.45, 7) is 6.48. The molecule has 1 aromatic carbocycles. The predicted octanol–water partition coefficient (Wildman–Crippen LogP) is 3.80. The average molecular weight is 256 g/mol. The second kappa shape index (κ2) is 4.94. The fourth-order valence-electron chi connectivity index (χ4n) is 1.48. The van der Waals surface area contributed by atoms with E-state index in [2.05, 4.69) is 54.9 Å². The van der Waals surface area contributed by atoms with E-state index in [-0.39, 0.29) is 6.04 Å². The Labute approximate surface area is 94.8 Å². The van der Waals surface area contributed by atoms with Crippen molar-refractivity contribution in [1.29, 1.82) is 0 Å². The lowest BCUT2D eigenvalue weighted by atomic mass is 9.97. The molecule has 0 aromatic heterocycles. The monoisotopic (exact) mass is 255 g/mol.